The van der Waals surface area contributed by atoms with Crippen LogP contribution < -0.4 is 5.32 Å². The molecule has 0 bridgehead atoms. The van der Waals surface area contributed by atoms with Gasteiger partial charge in [-0.2, -0.15) is 0 Å². The summed E-state index contributed by atoms with van der Waals surface area (Å²) < 4.78 is 5.48. The highest BCUT2D eigenvalue weighted by atomic mass is 16.5. The first-order valence-electron chi connectivity index (χ1n) is 7.04. The molecule has 100 valence electrons. The number of hydrogen-bond acceptors (Lipinski definition) is 2. The fraction of sp³-hybridized carbons (Fsp3) is 0.625. The quantitative estimate of drug-likeness (QED) is 0.877. The molecule has 1 aromatic carbocycles. The lowest BCUT2D eigenvalue weighted by molar-refractivity contribution is 0.0572. The summed E-state index contributed by atoms with van der Waals surface area (Å²) in [6.07, 6.45) is 5.36. The Morgan fingerprint density at radius 2 is 1.94 bits per heavy atom. The molecule has 1 N–H and O–H groups in total. The fourth-order valence-corrected chi connectivity index (χ4v) is 2.82. The lowest BCUT2D eigenvalue weighted by atomic mass is 9.92. The number of nitrogens with one attached hydrogen (secondary N) is 1. The average molecular weight is 247 g/mol. The van der Waals surface area contributed by atoms with Crippen LogP contribution in [0.3, 0.4) is 0 Å². The summed E-state index contributed by atoms with van der Waals surface area (Å²) >= 11 is 0. The van der Waals surface area contributed by atoms with E-state index >= 15 is 0 Å². The van der Waals surface area contributed by atoms with Crippen LogP contribution in [-0.4, -0.2) is 19.3 Å². The van der Waals surface area contributed by atoms with E-state index in [1.165, 1.54) is 30.4 Å². The van der Waals surface area contributed by atoms with Gasteiger partial charge in [0.25, 0.3) is 0 Å². The van der Waals surface area contributed by atoms with Gasteiger partial charge in [0.2, 0.25) is 0 Å². The number of aryl methyl sites for hydroxylation is 1. The van der Waals surface area contributed by atoms with Crippen LogP contribution in [0.15, 0.2) is 24.3 Å². The van der Waals surface area contributed by atoms with Crippen molar-refractivity contribution < 1.29 is 4.74 Å². The van der Waals surface area contributed by atoms with E-state index in [0.29, 0.717) is 18.2 Å². The summed E-state index contributed by atoms with van der Waals surface area (Å²) in [5, 5.41) is 3.74. The third-order valence-corrected chi connectivity index (χ3v) is 4.02. The van der Waals surface area contributed by atoms with Gasteiger partial charge in [-0.25, -0.2) is 0 Å². The van der Waals surface area contributed by atoms with Crippen LogP contribution in [-0.2, 0) is 4.74 Å². The Morgan fingerprint density at radius 3 is 2.61 bits per heavy atom. The number of ether oxygens (including phenoxy) is 1. The van der Waals surface area contributed by atoms with Gasteiger partial charge in [0.15, 0.2) is 0 Å². The molecule has 1 aliphatic rings. The third-order valence-electron chi connectivity index (χ3n) is 4.02. The Kier molecular flexibility index (Phi) is 4.79. The van der Waals surface area contributed by atoms with E-state index in [-0.39, 0.29) is 0 Å². The zero-order valence-electron chi connectivity index (χ0n) is 11.8. The second-order valence-corrected chi connectivity index (χ2v) is 5.52. The van der Waals surface area contributed by atoms with Gasteiger partial charge in [0, 0.05) is 19.2 Å². The minimum Gasteiger partial charge on any atom is -0.381 e. The van der Waals surface area contributed by atoms with Crippen molar-refractivity contribution >= 4 is 0 Å². The molecule has 0 amide bonds. The predicted octanol–water partition coefficient (Wildman–Crippen LogP) is 3.60. The topological polar surface area (TPSA) is 21.3 Å². The molecule has 2 nitrogen and oxygen atoms in total. The number of methoxy groups -OCH3 is 1. The molecule has 0 spiro atoms. The predicted molar refractivity (Wildman–Crippen MR) is 75.8 cm³/mol. The van der Waals surface area contributed by atoms with E-state index < -0.39 is 0 Å². The van der Waals surface area contributed by atoms with Gasteiger partial charge in [-0.15, -0.1) is 0 Å². The lowest BCUT2D eigenvalue weighted by Gasteiger charge is -2.31. The highest BCUT2D eigenvalue weighted by molar-refractivity contribution is 5.23. The molecule has 0 aliphatic heterocycles. The Bertz CT molecular complexity index is 360. The number of rotatable bonds is 4. The largest absolute Gasteiger partial charge is 0.381 e. The van der Waals surface area contributed by atoms with Crippen molar-refractivity contribution in [3.05, 3.63) is 35.4 Å². The molecule has 18 heavy (non-hydrogen) atoms. The SMILES string of the molecule is COC1CCCC(NC(C)c2ccc(C)cc2)C1. The van der Waals surface area contributed by atoms with Gasteiger partial charge in [0.1, 0.15) is 0 Å². The van der Waals surface area contributed by atoms with Gasteiger partial charge in [-0.3, -0.25) is 0 Å². The molecule has 0 aromatic heterocycles. The third kappa shape index (κ3) is 3.56. The normalized spacial score (nSPS) is 25.9. The monoisotopic (exact) mass is 247 g/mol. The van der Waals surface area contributed by atoms with E-state index in [1.807, 2.05) is 7.11 Å². The van der Waals surface area contributed by atoms with Crippen molar-refractivity contribution in [2.75, 3.05) is 7.11 Å². The lowest BCUT2D eigenvalue weighted by Crippen LogP contribution is -2.38. The van der Waals surface area contributed by atoms with Gasteiger partial charge in [0.05, 0.1) is 6.10 Å². The molecular weight excluding hydrogens is 222 g/mol. The smallest absolute Gasteiger partial charge is 0.0586 e. The summed E-state index contributed by atoms with van der Waals surface area (Å²) in [7, 11) is 1.83. The maximum absolute atomic E-state index is 5.48. The zero-order valence-corrected chi connectivity index (χ0v) is 11.8. The first kappa shape index (κ1) is 13.6. The summed E-state index contributed by atoms with van der Waals surface area (Å²) in [5.74, 6) is 0. The molecule has 1 saturated carbocycles. The van der Waals surface area contributed by atoms with E-state index in [2.05, 4.69) is 43.4 Å². The Balaban J connectivity index is 1.90. The summed E-state index contributed by atoms with van der Waals surface area (Å²) in [4.78, 5) is 0. The summed E-state index contributed by atoms with van der Waals surface area (Å²) in [6, 6.07) is 9.84. The second kappa shape index (κ2) is 6.35. The van der Waals surface area contributed by atoms with Crippen LogP contribution >= 0.6 is 0 Å². The average Bonchev–Trinajstić information content (AvgIpc) is 2.39. The van der Waals surface area contributed by atoms with Crippen molar-refractivity contribution in [2.45, 2.75) is 57.7 Å². The minimum atomic E-state index is 0.422. The molecule has 3 atom stereocenters. The Labute approximate surface area is 111 Å². The van der Waals surface area contributed by atoms with E-state index in [9.17, 15) is 0 Å². The van der Waals surface area contributed by atoms with Crippen LogP contribution in [0.25, 0.3) is 0 Å². The van der Waals surface area contributed by atoms with Crippen molar-refractivity contribution in [1.29, 1.82) is 0 Å². The van der Waals surface area contributed by atoms with Crippen LogP contribution in [0, 0.1) is 6.92 Å². The molecule has 1 aromatic rings. The zero-order chi connectivity index (χ0) is 13.0. The van der Waals surface area contributed by atoms with Crippen molar-refractivity contribution in [3.63, 3.8) is 0 Å². The fourth-order valence-electron chi connectivity index (χ4n) is 2.82. The first-order valence-corrected chi connectivity index (χ1v) is 7.04. The molecule has 1 aliphatic carbocycles. The van der Waals surface area contributed by atoms with Gasteiger partial charge >= 0.3 is 0 Å². The summed E-state index contributed by atoms with van der Waals surface area (Å²) in [5.41, 5.74) is 2.70. The molecule has 3 unspecified atom stereocenters. The minimum absolute atomic E-state index is 0.422. The maximum Gasteiger partial charge on any atom is 0.0586 e. The molecule has 0 radical (unpaired) electrons. The van der Waals surface area contributed by atoms with E-state index in [1.54, 1.807) is 0 Å². The molecular formula is C16H25NO. The maximum atomic E-state index is 5.48. The number of hydrogen-bond donors (Lipinski definition) is 1. The van der Waals surface area contributed by atoms with Gasteiger partial charge in [-0.05, 0) is 45.1 Å². The van der Waals surface area contributed by atoms with Crippen LogP contribution in [0.5, 0.6) is 0 Å². The number of benzene rings is 1. The van der Waals surface area contributed by atoms with Crippen molar-refractivity contribution in [3.8, 4) is 0 Å². The Hall–Kier alpha value is -0.860. The standard InChI is InChI=1S/C16H25NO/c1-12-7-9-14(10-8-12)13(2)17-15-5-4-6-16(11-15)18-3/h7-10,13,15-17H,4-6,11H2,1-3H3. The van der Waals surface area contributed by atoms with Crippen LogP contribution in [0.4, 0.5) is 0 Å². The molecule has 0 saturated heterocycles. The first-order chi connectivity index (χ1) is 8.69. The summed E-state index contributed by atoms with van der Waals surface area (Å²) in [6.45, 7) is 4.38. The molecule has 2 rings (SSSR count). The second-order valence-electron chi connectivity index (χ2n) is 5.52. The molecule has 2 heteroatoms. The molecule has 0 heterocycles. The van der Waals surface area contributed by atoms with Gasteiger partial charge < -0.3 is 10.1 Å². The van der Waals surface area contributed by atoms with Crippen LogP contribution in [0.1, 0.15) is 49.8 Å². The highest BCUT2D eigenvalue weighted by Crippen LogP contribution is 2.23. The van der Waals surface area contributed by atoms with E-state index in [0.717, 1.165) is 6.42 Å². The molecule has 1 fully saturated rings. The van der Waals surface area contributed by atoms with E-state index in [4.69, 9.17) is 4.74 Å². The Morgan fingerprint density at radius 1 is 1.22 bits per heavy atom. The van der Waals surface area contributed by atoms with Crippen molar-refractivity contribution in [1.82, 2.24) is 5.32 Å². The highest BCUT2D eigenvalue weighted by Gasteiger charge is 2.22. The van der Waals surface area contributed by atoms with Gasteiger partial charge in [-0.1, -0.05) is 29.8 Å². The van der Waals surface area contributed by atoms with Crippen molar-refractivity contribution in [2.24, 2.45) is 0 Å². The van der Waals surface area contributed by atoms with Crippen LogP contribution in [0.2, 0.25) is 0 Å².